The van der Waals surface area contributed by atoms with Crippen molar-refractivity contribution in [1.82, 2.24) is 0 Å². The summed E-state index contributed by atoms with van der Waals surface area (Å²) in [6.07, 6.45) is 4.72. The van der Waals surface area contributed by atoms with Crippen LogP contribution in [-0.4, -0.2) is 18.4 Å². The molecule has 27 heavy (non-hydrogen) atoms. The van der Waals surface area contributed by atoms with E-state index in [2.05, 4.69) is 6.92 Å². The molecular formula is C23H27NO3. The van der Waals surface area contributed by atoms with Crippen LogP contribution >= 0.6 is 0 Å². The Bertz CT molecular complexity index is 783. The number of benzene rings is 2. The Morgan fingerprint density at radius 3 is 2.41 bits per heavy atom. The molecule has 4 nitrogen and oxygen atoms in total. The average Bonchev–Trinajstić information content (AvgIpc) is 2.66. The van der Waals surface area contributed by atoms with E-state index in [1.807, 2.05) is 60.7 Å². The lowest BCUT2D eigenvalue weighted by atomic mass is 9.90. The molecule has 0 amide bonds. The molecule has 0 radical (unpaired) electrons. The average molecular weight is 365 g/mol. The predicted octanol–water partition coefficient (Wildman–Crippen LogP) is 4.62. The van der Waals surface area contributed by atoms with Crippen molar-refractivity contribution in [2.75, 3.05) is 12.3 Å². The van der Waals surface area contributed by atoms with Crippen LogP contribution in [0.2, 0.25) is 0 Å². The second kappa shape index (κ2) is 10.3. The highest BCUT2D eigenvalue weighted by molar-refractivity contribution is 5.90. The third-order valence-corrected chi connectivity index (χ3v) is 4.53. The van der Waals surface area contributed by atoms with Crippen LogP contribution in [0.4, 0.5) is 5.69 Å². The first-order valence-corrected chi connectivity index (χ1v) is 9.24. The van der Waals surface area contributed by atoms with Gasteiger partial charge < -0.3 is 10.5 Å². The lowest BCUT2D eigenvalue weighted by molar-refractivity contribution is -0.141. The van der Waals surface area contributed by atoms with Crippen molar-refractivity contribution in [3.05, 3.63) is 77.9 Å². The Morgan fingerprint density at radius 1 is 1.07 bits per heavy atom. The Hall–Kier alpha value is -2.88. The molecular weight excluding hydrogens is 338 g/mol. The number of carbonyl (C=O) groups excluding carboxylic acids is 2. The van der Waals surface area contributed by atoms with E-state index in [1.54, 1.807) is 6.08 Å². The number of rotatable bonds is 9. The molecule has 0 saturated heterocycles. The number of nitrogen functional groups attached to an aromatic ring is 1. The fourth-order valence-corrected chi connectivity index (χ4v) is 3.02. The van der Waals surface area contributed by atoms with Crippen molar-refractivity contribution in [3.8, 4) is 0 Å². The van der Waals surface area contributed by atoms with E-state index in [1.165, 1.54) is 6.92 Å². The maximum absolute atomic E-state index is 12.5. The van der Waals surface area contributed by atoms with Crippen molar-refractivity contribution < 1.29 is 14.3 Å². The highest BCUT2D eigenvalue weighted by atomic mass is 16.5. The smallest absolute Gasteiger partial charge is 0.302 e. The summed E-state index contributed by atoms with van der Waals surface area (Å²) in [5.41, 5.74) is 8.66. The van der Waals surface area contributed by atoms with Crippen LogP contribution in [0.25, 0.3) is 0 Å². The summed E-state index contributed by atoms with van der Waals surface area (Å²) in [7, 11) is 0. The first kappa shape index (κ1) is 20.4. The molecule has 0 heterocycles. The standard InChI is InChI=1S/C23H27NO3/c1-3-18(20-10-7-11-22(24)14-20)15-23(26)13-12-21(16-27-17(2)25)19-8-5-4-6-9-19/h4-14,18,21H,3,15-16,24H2,1-2H3/b13-12+/t18-,21-/m0/s1. The fraction of sp³-hybridized carbons (Fsp3) is 0.304. The molecule has 0 aliphatic carbocycles. The lowest BCUT2D eigenvalue weighted by Gasteiger charge is -2.15. The number of ether oxygens (including phenoxy) is 1. The number of carbonyl (C=O) groups is 2. The molecule has 0 fully saturated rings. The Kier molecular flexibility index (Phi) is 7.80. The number of ketones is 1. The molecule has 0 aliphatic rings. The summed E-state index contributed by atoms with van der Waals surface area (Å²) < 4.78 is 5.16. The summed E-state index contributed by atoms with van der Waals surface area (Å²) in [6.45, 7) is 3.67. The van der Waals surface area contributed by atoms with Crippen LogP contribution in [-0.2, 0) is 14.3 Å². The molecule has 0 unspecified atom stereocenters. The number of hydrogen-bond acceptors (Lipinski definition) is 4. The van der Waals surface area contributed by atoms with Crippen LogP contribution in [0.3, 0.4) is 0 Å². The molecule has 2 atom stereocenters. The third kappa shape index (κ3) is 6.74. The summed E-state index contributed by atoms with van der Waals surface area (Å²) in [5.74, 6) is -0.294. The molecule has 4 heteroatoms. The molecule has 0 saturated carbocycles. The Morgan fingerprint density at radius 2 is 1.78 bits per heavy atom. The summed E-state index contributed by atoms with van der Waals surface area (Å²) in [6, 6.07) is 17.4. The first-order valence-electron chi connectivity index (χ1n) is 9.24. The van der Waals surface area contributed by atoms with Crippen molar-refractivity contribution in [2.45, 2.75) is 38.5 Å². The van der Waals surface area contributed by atoms with Gasteiger partial charge in [-0.25, -0.2) is 0 Å². The van der Waals surface area contributed by atoms with E-state index in [0.717, 1.165) is 17.5 Å². The van der Waals surface area contributed by atoms with Crippen LogP contribution in [0, 0.1) is 0 Å². The number of allylic oxidation sites excluding steroid dienone is 1. The summed E-state index contributed by atoms with van der Waals surface area (Å²) in [5, 5.41) is 0. The van der Waals surface area contributed by atoms with Gasteiger partial charge in [0.25, 0.3) is 0 Å². The van der Waals surface area contributed by atoms with Gasteiger partial charge in [0.1, 0.15) is 6.61 Å². The molecule has 0 bridgehead atoms. The highest BCUT2D eigenvalue weighted by Crippen LogP contribution is 2.26. The second-order valence-electron chi connectivity index (χ2n) is 6.62. The van der Waals surface area contributed by atoms with E-state index in [0.29, 0.717) is 12.1 Å². The van der Waals surface area contributed by atoms with Gasteiger partial charge in [0.2, 0.25) is 0 Å². The second-order valence-corrected chi connectivity index (χ2v) is 6.62. The van der Waals surface area contributed by atoms with Gasteiger partial charge in [0, 0.05) is 24.9 Å². The Balaban J connectivity index is 2.07. The molecule has 2 N–H and O–H groups in total. The van der Waals surface area contributed by atoms with Gasteiger partial charge in [-0.1, -0.05) is 55.5 Å². The number of esters is 1. The van der Waals surface area contributed by atoms with E-state index < -0.39 is 0 Å². The van der Waals surface area contributed by atoms with Crippen LogP contribution in [0.5, 0.6) is 0 Å². The third-order valence-electron chi connectivity index (χ3n) is 4.53. The number of nitrogens with two attached hydrogens (primary N) is 1. The minimum absolute atomic E-state index is 0.0491. The Labute approximate surface area is 161 Å². The normalized spacial score (nSPS) is 13.3. The minimum atomic E-state index is -0.330. The molecule has 2 aromatic carbocycles. The van der Waals surface area contributed by atoms with E-state index in [-0.39, 0.29) is 30.2 Å². The summed E-state index contributed by atoms with van der Waals surface area (Å²) in [4.78, 5) is 23.7. The number of hydrogen-bond donors (Lipinski definition) is 1. The van der Waals surface area contributed by atoms with Gasteiger partial charge >= 0.3 is 5.97 Å². The van der Waals surface area contributed by atoms with Gasteiger partial charge in [-0.15, -0.1) is 0 Å². The van der Waals surface area contributed by atoms with Gasteiger partial charge in [-0.2, -0.15) is 0 Å². The maximum atomic E-state index is 12.5. The maximum Gasteiger partial charge on any atom is 0.302 e. The SMILES string of the molecule is CC[C@@H](CC(=O)/C=C/[C@@H](COC(C)=O)c1ccccc1)c1cccc(N)c1. The van der Waals surface area contributed by atoms with Gasteiger partial charge in [-0.05, 0) is 41.7 Å². The van der Waals surface area contributed by atoms with Gasteiger partial charge in [-0.3, -0.25) is 9.59 Å². The predicted molar refractivity (Wildman–Crippen MR) is 108 cm³/mol. The zero-order valence-corrected chi connectivity index (χ0v) is 15.9. The zero-order chi connectivity index (χ0) is 19.6. The van der Waals surface area contributed by atoms with Crippen LogP contribution < -0.4 is 5.73 Å². The number of anilines is 1. The largest absolute Gasteiger partial charge is 0.465 e. The lowest BCUT2D eigenvalue weighted by Crippen LogP contribution is -2.10. The first-order chi connectivity index (χ1) is 13.0. The van der Waals surface area contributed by atoms with Crippen LogP contribution in [0.15, 0.2) is 66.7 Å². The molecule has 2 rings (SSSR count). The van der Waals surface area contributed by atoms with Crippen molar-refractivity contribution in [3.63, 3.8) is 0 Å². The van der Waals surface area contributed by atoms with E-state index >= 15 is 0 Å². The molecule has 0 aromatic heterocycles. The highest BCUT2D eigenvalue weighted by Gasteiger charge is 2.15. The fourth-order valence-electron chi connectivity index (χ4n) is 3.02. The van der Waals surface area contributed by atoms with E-state index in [9.17, 15) is 9.59 Å². The molecule has 0 spiro atoms. The van der Waals surface area contributed by atoms with Crippen molar-refractivity contribution in [1.29, 1.82) is 0 Å². The van der Waals surface area contributed by atoms with Gasteiger partial charge in [0.05, 0.1) is 0 Å². The zero-order valence-electron chi connectivity index (χ0n) is 15.9. The quantitative estimate of drug-likeness (QED) is 0.400. The topological polar surface area (TPSA) is 69.4 Å². The van der Waals surface area contributed by atoms with Crippen molar-refractivity contribution in [2.24, 2.45) is 0 Å². The van der Waals surface area contributed by atoms with Crippen molar-refractivity contribution >= 4 is 17.4 Å². The van der Waals surface area contributed by atoms with Crippen LogP contribution in [0.1, 0.15) is 49.7 Å². The summed E-state index contributed by atoms with van der Waals surface area (Å²) >= 11 is 0. The van der Waals surface area contributed by atoms with E-state index in [4.69, 9.17) is 10.5 Å². The molecule has 2 aromatic rings. The minimum Gasteiger partial charge on any atom is -0.465 e. The monoisotopic (exact) mass is 365 g/mol. The molecule has 142 valence electrons. The van der Waals surface area contributed by atoms with Gasteiger partial charge in [0.15, 0.2) is 5.78 Å². The molecule has 0 aliphatic heterocycles.